The second-order valence-corrected chi connectivity index (χ2v) is 1.09. The molecule has 0 aliphatic rings. The highest BCUT2D eigenvalue weighted by Crippen LogP contribution is 1.66. The summed E-state index contributed by atoms with van der Waals surface area (Å²) in [6, 6.07) is 0. The molecule has 1 nitrogen and oxygen atoms in total. The van der Waals surface area contributed by atoms with Gasteiger partial charge in [0.15, 0.2) is 0 Å². The van der Waals surface area contributed by atoms with Crippen molar-refractivity contribution in [2.24, 2.45) is 4.99 Å². The van der Waals surface area contributed by atoms with Crippen LogP contribution in [-0.4, -0.2) is 12.8 Å². The smallest absolute Gasteiger partial charge is 0.0357 e. The number of aliphatic imine (C=N–C) groups is 1. The maximum absolute atomic E-state index is 3.97. The third kappa shape index (κ3) is 3.67. The second kappa shape index (κ2) is 4.67. The van der Waals surface area contributed by atoms with Gasteiger partial charge in [-0.1, -0.05) is 6.92 Å². The minimum Gasteiger partial charge on any atom is -0.298 e. The van der Waals surface area contributed by atoms with Gasteiger partial charge in [0, 0.05) is 6.54 Å². The lowest BCUT2D eigenvalue weighted by Crippen LogP contribution is -1.68. The van der Waals surface area contributed by atoms with Crippen LogP contribution in [-0.2, 0) is 0 Å². The molecule has 0 bridgehead atoms. The molecule has 0 saturated heterocycles. The van der Waals surface area contributed by atoms with Crippen molar-refractivity contribution in [1.29, 1.82) is 0 Å². The van der Waals surface area contributed by atoms with Crippen LogP contribution >= 0.6 is 0 Å². The molecule has 0 fully saturated rings. The van der Waals surface area contributed by atoms with Crippen LogP contribution in [0.25, 0.3) is 0 Å². The maximum atomic E-state index is 3.97. The Balaban J connectivity index is 2.73. The van der Waals surface area contributed by atoms with Gasteiger partial charge in [-0.25, -0.2) is 0 Å². The van der Waals surface area contributed by atoms with Gasteiger partial charge in [-0.05, 0) is 19.6 Å². The molecule has 0 unspecified atom stereocenters. The van der Waals surface area contributed by atoms with E-state index in [4.69, 9.17) is 0 Å². The van der Waals surface area contributed by atoms with E-state index in [-0.39, 0.29) is 0 Å². The first-order valence-electron chi connectivity index (χ1n) is 2.40. The Morgan fingerprint density at radius 3 is 2.33 bits per heavy atom. The van der Waals surface area contributed by atoms with Gasteiger partial charge < -0.3 is 0 Å². The molecule has 0 rings (SSSR count). The van der Waals surface area contributed by atoms with E-state index in [0.717, 1.165) is 13.0 Å². The monoisotopic (exact) mass is 85.1 g/mol. The van der Waals surface area contributed by atoms with Gasteiger partial charge in [-0.2, -0.15) is 0 Å². The lowest BCUT2D eigenvalue weighted by molar-refractivity contribution is 1.12. The molecule has 0 aliphatic heterocycles. The van der Waals surface area contributed by atoms with Crippen molar-refractivity contribution in [3.8, 4) is 0 Å². The lowest BCUT2D eigenvalue weighted by Gasteiger charge is -1.74. The van der Waals surface area contributed by atoms with E-state index < -0.39 is 0 Å². The molecule has 6 heavy (non-hydrogen) atoms. The Labute approximate surface area is 39.1 Å². The third-order valence-electron chi connectivity index (χ3n) is 0.494. The van der Waals surface area contributed by atoms with Gasteiger partial charge in [0.05, 0.1) is 0 Å². The Kier molecular flexibility index (Phi) is 4.41. The SMILES string of the molecule is CC/C=N/CC. The quantitative estimate of drug-likeness (QED) is 0.450. The molecule has 0 aliphatic carbocycles. The first-order chi connectivity index (χ1) is 2.91. The first kappa shape index (κ1) is 5.67. The fraction of sp³-hybridized carbons (Fsp3) is 0.800. The Morgan fingerprint density at radius 2 is 2.17 bits per heavy atom. The topological polar surface area (TPSA) is 12.4 Å². The number of nitrogens with zero attached hydrogens (tertiary/aromatic N) is 1. The largest absolute Gasteiger partial charge is 0.298 e. The molecule has 0 aromatic rings. The highest BCUT2D eigenvalue weighted by atomic mass is 14.7. The minimum absolute atomic E-state index is 0.924. The van der Waals surface area contributed by atoms with Crippen molar-refractivity contribution in [3.05, 3.63) is 0 Å². The molecule has 0 aromatic heterocycles. The molecule has 36 valence electrons. The molecule has 0 radical (unpaired) electrons. The summed E-state index contributed by atoms with van der Waals surface area (Å²) in [6.45, 7) is 5.04. The van der Waals surface area contributed by atoms with E-state index in [1.165, 1.54) is 0 Å². The minimum atomic E-state index is 0.924. The highest BCUT2D eigenvalue weighted by Gasteiger charge is 1.59. The van der Waals surface area contributed by atoms with Crippen LogP contribution in [0.2, 0.25) is 0 Å². The number of rotatable bonds is 2. The molecule has 1 heteroatoms. The summed E-state index contributed by atoms with van der Waals surface area (Å²) in [5.41, 5.74) is 0. The molecular formula is C5H11N. The van der Waals surface area contributed by atoms with E-state index in [1.807, 2.05) is 13.1 Å². The van der Waals surface area contributed by atoms with E-state index in [9.17, 15) is 0 Å². The van der Waals surface area contributed by atoms with Crippen LogP contribution in [0, 0.1) is 0 Å². The standard InChI is InChI=1S/C5H11N/c1-3-5-6-4-2/h5H,3-4H2,1-2H3/b6-5+. The molecule has 0 aromatic carbocycles. The summed E-state index contributed by atoms with van der Waals surface area (Å²) in [7, 11) is 0. The summed E-state index contributed by atoms with van der Waals surface area (Å²) in [5.74, 6) is 0. The molecule has 0 atom stereocenters. The maximum Gasteiger partial charge on any atom is 0.0357 e. The third-order valence-corrected chi connectivity index (χ3v) is 0.494. The van der Waals surface area contributed by atoms with Crippen molar-refractivity contribution in [2.45, 2.75) is 20.3 Å². The van der Waals surface area contributed by atoms with E-state index >= 15 is 0 Å². The molecule has 0 amide bonds. The predicted octanol–water partition coefficient (Wildman–Crippen LogP) is 1.49. The fourth-order valence-electron chi connectivity index (χ4n) is 0.258. The molecule has 0 saturated carbocycles. The molecular weight excluding hydrogens is 74.1 g/mol. The van der Waals surface area contributed by atoms with Gasteiger partial charge in [-0.15, -0.1) is 0 Å². The Bertz CT molecular complexity index is 33.2. The van der Waals surface area contributed by atoms with Gasteiger partial charge in [-0.3, -0.25) is 4.99 Å². The van der Waals surface area contributed by atoms with E-state index in [1.54, 1.807) is 0 Å². The van der Waals surface area contributed by atoms with Gasteiger partial charge in [0.2, 0.25) is 0 Å². The van der Waals surface area contributed by atoms with Crippen molar-refractivity contribution >= 4 is 6.21 Å². The summed E-state index contributed by atoms with van der Waals surface area (Å²) in [5, 5.41) is 0. The normalized spacial score (nSPS) is 10.3. The van der Waals surface area contributed by atoms with Gasteiger partial charge in [0.25, 0.3) is 0 Å². The van der Waals surface area contributed by atoms with Crippen LogP contribution in [0.15, 0.2) is 4.99 Å². The summed E-state index contributed by atoms with van der Waals surface area (Å²) in [4.78, 5) is 3.97. The highest BCUT2D eigenvalue weighted by molar-refractivity contribution is 5.56. The number of hydrogen-bond donors (Lipinski definition) is 0. The zero-order valence-electron chi connectivity index (χ0n) is 4.44. The lowest BCUT2D eigenvalue weighted by atomic mass is 10.5. The zero-order valence-corrected chi connectivity index (χ0v) is 4.44. The van der Waals surface area contributed by atoms with E-state index in [2.05, 4.69) is 11.9 Å². The van der Waals surface area contributed by atoms with E-state index in [0.29, 0.717) is 0 Å². The van der Waals surface area contributed by atoms with Crippen LogP contribution < -0.4 is 0 Å². The van der Waals surface area contributed by atoms with Gasteiger partial charge in [0.1, 0.15) is 0 Å². The van der Waals surface area contributed by atoms with Crippen LogP contribution in [0.5, 0.6) is 0 Å². The van der Waals surface area contributed by atoms with Crippen molar-refractivity contribution < 1.29 is 0 Å². The van der Waals surface area contributed by atoms with Crippen molar-refractivity contribution in [1.82, 2.24) is 0 Å². The average molecular weight is 85.1 g/mol. The van der Waals surface area contributed by atoms with Crippen LogP contribution in [0.4, 0.5) is 0 Å². The summed E-state index contributed by atoms with van der Waals surface area (Å²) < 4.78 is 0. The summed E-state index contributed by atoms with van der Waals surface area (Å²) in [6.07, 6.45) is 2.99. The number of hydrogen-bond acceptors (Lipinski definition) is 1. The Morgan fingerprint density at radius 1 is 1.50 bits per heavy atom. The van der Waals surface area contributed by atoms with Crippen LogP contribution in [0.3, 0.4) is 0 Å². The Hall–Kier alpha value is -0.330. The summed E-state index contributed by atoms with van der Waals surface area (Å²) >= 11 is 0. The van der Waals surface area contributed by atoms with Crippen LogP contribution in [0.1, 0.15) is 20.3 Å². The molecule has 0 N–H and O–H groups in total. The van der Waals surface area contributed by atoms with Gasteiger partial charge >= 0.3 is 0 Å². The molecule has 0 heterocycles. The first-order valence-corrected chi connectivity index (χ1v) is 2.40. The average Bonchev–Trinajstić information content (AvgIpc) is 1.61. The predicted molar refractivity (Wildman–Crippen MR) is 29.3 cm³/mol. The van der Waals surface area contributed by atoms with Crippen molar-refractivity contribution in [2.75, 3.05) is 6.54 Å². The molecule has 0 spiro atoms. The van der Waals surface area contributed by atoms with Crippen molar-refractivity contribution in [3.63, 3.8) is 0 Å². The second-order valence-electron chi connectivity index (χ2n) is 1.09. The fourth-order valence-corrected chi connectivity index (χ4v) is 0.258. The zero-order chi connectivity index (χ0) is 4.83.